The molecule has 2 rings (SSSR count). The maximum absolute atomic E-state index is 13.1. The minimum absolute atomic E-state index is 0.00863. The third-order valence-electron chi connectivity index (χ3n) is 3.97. The molecule has 168 valence electrons. The smallest absolute Gasteiger partial charge is 0.416 e. The molecule has 0 heterocycles. The van der Waals surface area contributed by atoms with Gasteiger partial charge in [-0.05, 0) is 54.5 Å². The Bertz CT molecular complexity index is 1040. The first-order valence-corrected chi connectivity index (χ1v) is 8.78. The number of nitrogens with zero attached hydrogens (tertiary/aromatic N) is 1. The SMILES string of the molecule is C=C(C)C(=O)OCOc1ccc(/C=C(\C#N)c2cc(C(F)(F)F)cc(C(F)(F)F)c2)cc1. The van der Waals surface area contributed by atoms with Crippen molar-refractivity contribution < 1.29 is 40.6 Å². The molecule has 2 aromatic rings. The molecule has 0 radical (unpaired) electrons. The van der Waals surface area contributed by atoms with Crippen LogP contribution in [0.25, 0.3) is 11.6 Å². The van der Waals surface area contributed by atoms with E-state index in [1.165, 1.54) is 31.2 Å². The number of halogens is 6. The number of hydrogen-bond donors (Lipinski definition) is 0. The molecule has 4 nitrogen and oxygen atoms in total. The van der Waals surface area contributed by atoms with E-state index in [9.17, 15) is 36.4 Å². The quantitative estimate of drug-likeness (QED) is 0.129. The average molecular weight is 455 g/mol. The van der Waals surface area contributed by atoms with Crippen molar-refractivity contribution in [3.8, 4) is 11.8 Å². The molecule has 0 unspecified atom stereocenters. The lowest BCUT2D eigenvalue weighted by Crippen LogP contribution is -2.11. The van der Waals surface area contributed by atoms with Crippen LogP contribution in [0.5, 0.6) is 5.75 Å². The first-order chi connectivity index (χ1) is 14.8. The minimum atomic E-state index is -5.02. The van der Waals surface area contributed by atoms with Crippen molar-refractivity contribution in [2.75, 3.05) is 6.79 Å². The molecule has 0 bridgehead atoms. The topological polar surface area (TPSA) is 59.3 Å². The Balaban J connectivity index is 2.30. The molecule has 0 N–H and O–H groups in total. The number of carbonyl (C=O) groups is 1. The highest BCUT2D eigenvalue weighted by Crippen LogP contribution is 2.37. The van der Waals surface area contributed by atoms with Crippen LogP contribution in [0.2, 0.25) is 0 Å². The van der Waals surface area contributed by atoms with Gasteiger partial charge in [0.1, 0.15) is 5.75 Å². The molecule has 0 saturated carbocycles. The van der Waals surface area contributed by atoms with Crippen LogP contribution >= 0.6 is 0 Å². The van der Waals surface area contributed by atoms with E-state index in [2.05, 4.69) is 6.58 Å². The summed E-state index contributed by atoms with van der Waals surface area (Å²) in [7, 11) is 0. The summed E-state index contributed by atoms with van der Waals surface area (Å²) in [6.07, 6.45) is -8.91. The monoisotopic (exact) mass is 455 g/mol. The molecular formula is C22H15F6NO3. The van der Waals surface area contributed by atoms with Crippen LogP contribution in [0, 0.1) is 11.3 Å². The van der Waals surface area contributed by atoms with Gasteiger partial charge in [0.2, 0.25) is 6.79 Å². The predicted octanol–water partition coefficient (Wildman–Crippen LogP) is 6.24. The molecule has 0 spiro atoms. The van der Waals surface area contributed by atoms with Gasteiger partial charge < -0.3 is 9.47 Å². The van der Waals surface area contributed by atoms with Gasteiger partial charge >= 0.3 is 18.3 Å². The second-order valence-corrected chi connectivity index (χ2v) is 6.51. The van der Waals surface area contributed by atoms with Crippen LogP contribution in [0.1, 0.15) is 29.2 Å². The number of esters is 1. The van der Waals surface area contributed by atoms with Gasteiger partial charge in [-0.2, -0.15) is 31.6 Å². The van der Waals surface area contributed by atoms with Crippen molar-refractivity contribution in [1.82, 2.24) is 0 Å². The second kappa shape index (κ2) is 9.60. The van der Waals surface area contributed by atoms with Crippen LogP contribution in [0.4, 0.5) is 26.3 Å². The van der Waals surface area contributed by atoms with Gasteiger partial charge in [-0.1, -0.05) is 18.7 Å². The van der Waals surface area contributed by atoms with Gasteiger partial charge in [0.25, 0.3) is 0 Å². The summed E-state index contributed by atoms with van der Waals surface area (Å²) in [4.78, 5) is 11.3. The number of allylic oxidation sites excluding steroid dienone is 1. The molecule has 10 heteroatoms. The van der Waals surface area contributed by atoms with E-state index in [-0.39, 0.29) is 17.4 Å². The van der Waals surface area contributed by atoms with E-state index in [1.54, 1.807) is 6.07 Å². The number of nitriles is 1. The van der Waals surface area contributed by atoms with E-state index in [0.29, 0.717) is 17.7 Å². The highest BCUT2D eigenvalue weighted by molar-refractivity contribution is 5.90. The van der Waals surface area contributed by atoms with Crippen molar-refractivity contribution in [2.45, 2.75) is 19.3 Å². The fourth-order valence-corrected chi connectivity index (χ4v) is 2.39. The number of carbonyl (C=O) groups excluding carboxylic acids is 1. The zero-order valence-corrected chi connectivity index (χ0v) is 16.5. The Morgan fingerprint density at radius 1 is 1.03 bits per heavy atom. The van der Waals surface area contributed by atoms with Crippen LogP contribution < -0.4 is 4.74 Å². The predicted molar refractivity (Wildman–Crippen MR) is 103 cm³/mol. The summed E-state index contributed by atoms with van der Waals surface area (Å²) in [5.74, 6) is -0.379. The first-order valence-electron chi connectivity index (χ1n) is 8.78. The summed E-state index contributed by atoms with van der Waals surface area (Å²) in [5.41, 5.74) is -3.46. The largest absolute Gasteiger partial charge is 0.457 e. The molecule has 0 aromatic heterocycles. The molecule has 0 fully saturated rings. The van der Waals surface area contributed by atoms with Crippen LogP contribution in [-0.2, 0) is 21.9 Å². The van der Waals surface area contributed by atoms with Crippen molar-refractivity contribution in [2.24, 2.45) is 0 Å². The van der Waals surface area contributed by atoms with E-state index in [4.69, 9.17) is 9.47 Å². The zero-order chi connectivity index (χ0) is 24.1. The number of ether oxygens (including phenoxy) is 2. The van der Waals surface area contributed by atoms with Crippen molar-refractivity contribution in [3.63, 3.8) is 0 Å². The lowest BCUT2D eigenvalue weighted by atomic mass is 9.98. The lowest BCUT2D eigenvalue weighted by Gasteiger charge is -2.14. The summed E-state index contributed by atoms with van der Waals surface area (Å²) < 4.78 is 88.2. The Labute approximate surface area is 179 Å². The van der Waals surface area contributed by atoms with Crippen LogP contribution in [0.3, 0.4) is 0 Å². The molecular weight excluding hydrogens is 440 g/mol. The standard InChI is InChI=1S/C22H15F6NO3/c1-13(2)20(30)32-12-31-19-5-3-14(4-6-19)7-16(11-29)15-8-17(21(23,24)25)10-18(9-15)22(26,27)28/h3-10H,1,12H2,2H3/b16-7+. The van der Waals surface area contributed by atoms with E-state index >= 15 is 0 Å². The Morgan fingerprint density at radius 3 is 2.00 bits per heavy atom. The van der Waals surface area contributed by atoms with Gasteiger partial charge in [0.05, 0.1) is 22.8 Å². The number of rotatable bonds is 6. The van der Waals surface area contributed by atoms with Gasteiger partial charge in [-0.25, -0.2) is 4.79 Å². The first kappa shape index (κ1) is 24.5. The summed E-state index contributed by atoms with van der Waals surface area (Å²) in [6.45, 7) is 4.47. The maximum atomic E-state index is 13.1. The van der Waals surface area contributed by atoms with E-state index < -0.39 is 47.4 Å². The van der Waals surface area contributed by atoms with Gasteiger partial charge in [-0.3, -0.25) is 0 Å². The van der Waals surface area contributed by atoms with Crippen molar-refractivity contribution in [1.29, 1.82) is 5.26 Å². The molecule has 32 heavy (non-hydrogen) atoms. The zero-order valence-electron chi connectivity index (χ0n) is 16.5. The molecule has 2 aromatic carbocycles. The highest BCUT2D eigenvalue weighted by Gasteiger charge is 2.37. The number of hydrogen-bond acceptors (Lipinski definition) is 4. The minimum Gasteiger partial charge on any atom is -0.457 e. The molecule has 0 aliphatic carbocycles. The third-order valence-corrected chi connectivity index (χ3v) is 3.97. The normalized spacial score (nSPS) is 12.1. The fourth-order valence-electron chi connectivity index (χ4n) is 2.39. The molecule has 0 atom stereocenters. The fraction of sp³-hybridized carbons (Fsp3) is 0.182. The molecule has 0 aliphatic heterocycles. The summed E-state index contributed by atoms with van der Waals surface area (Å²) in [5, 5.41) is 9.33. The third kappa shape index (κ3) is 6.63. The van der Waals surface area contributed by atoms with E-state index in [0.717, 1.165) is 6.08 Å². The number of benzene rings is 2. The Kier molecular flexibility index (Phi) is 7.36. The number of alkyl halides is 6. The van der Waals surface area contributed by atoms with Crippen LogP contribution in [-0.4, -0.2) is 12.8 Å². The molecule has 0 saturated heterocycles. The molecule has 0 amide bonds. The maximum Gasteiger partial charge on any atom is 0.416 e. The summed E-state index contributed by atoms with van der Waals surface area (Å²) >= 11 is 0. The van der Waals surface area contributed by atoms with Gasteiger partial charge in [0.15, 0.2) is 0 Å². The van der Waals surface area contributed by atoms with Crippen molar-refractivity contribution >= 4 is 17.6 Å². The lowest BCUT2D eigenvalue weighted by molar-refractivity contribution is -0.145. The van der Waals surface area contributed by atoms with Crippen molar-refractivity contribution in [3.05, 3.63) is 76.9 Å². The average Bonchev–Trinajstić information content (AvgIpc) is 2.71. The molecule has 0 aliphatic rings. The van der Waals surface area contributed by atoms with E-state index in [1.807, 2.05) is 0 Å². The van der Waals surface area contributed by atoms with Gasteiger partial charge in [0, 0.05) is 5.57 Å². The van der Waals surface area contributed by atoms with Crippen LogP contribution in [0.15, 0.2) is 54.6 Å². The second-order valence-electron chi connectivity index (χ2n) is 6.51. The Hall–Kier alpha value is -3.74. The van der Waals surface area contributed by atoms with Gasteiger partial charge in [-0.15, -0.1) is 0 Å². The Morgan fingerprint density at radius 2 is 1.56 bits per heavy atom. The highest BCUT2D eigenvalue weighted by atomic mass is 19.4. The summed E-state index contributed by atoms with van der Waals surface area (Å²) in [6, 6.07) is 8.27.